The molecule has 1 aliphatic carbocycles. The Hall–Kier alpha value is -0.600. The molecule has 0 aromatic heterocycles. The van der Waals surface area contributed by atoms with Crippen LogP contribution in [0.1, 0.15) is 52.9 Å². The van der Waals surface area contributed by atoms with E-state index in [9.17, 15) is 5.11 Å². The summed E-state index contributed by atoms with van der Waals surface area (Å²) < 4.78 is 16.6. The van der Waals surface area contributed by atoms with Crippen molar-refractivity contribution in [3.8, 4) is 11.8 Å². The normalized spacial score (nSPS) is 18.7. The lowest BCUT2D eigenvalue weighted by Crippen LogP contribution is -2.39. The molecule has 1 fully saturated rings. The molecule has 0 unspecified atom stereocenters. The Morgan fingerprint density at radius 3 is 1.84 bits per heavy atom. The number of aliphatic hydroxyl groups is 1. The molecule has 1 aliphatic rings. The van der Waals surface area contributed by atoms with E-state index >= 15 is 0 Å². The third-order valence-corrected chi connectivity index (χ3v) is 3.13. The first-order valence-corrected chi connectivity index (χ1v) is 7.28. The molecule has 0 aromatic carbocycles. The van der Waals surface area contributed by atoms with Crippen molar-refractivity contribution >= 4 is 0 Å². The number of rotatable bonds is 6. The summed E-state index contributed by atoms with van der Waals surface area (Å²) >= 11 is 0. The molecule has 110 valence electrons. The molecule has 1 saturated carbocycles. The first-order chi connectivity index (χ1) is 9.10. The summed E-state index contributed by atoms with van der Waals surface area (Å²) in [6.45, 7) is 6.91. The lowest BCUT2D eigenvalue weighted by atomic mass is 9.85. The van der Waals surface area contributed by atoms with E-state index in [0.717, 1.165) is 19.3 Å². The van der Waals surface area contributed by atoms with Gasteiger partial charge in [0.05, 0.1) is 19.8 Å². The molecule has 0 aliphatic heterocycles. The quantitative estimate of drug-likeness (QED) is 0.595. The Kier molecular flexibility index (Phi) is 6.81. The van der Waals surface area contributed by atoms with Gasteiger partial charge in [0.25, 0.3) is 0 Å². The van der Waals surface area contributed by atoms with Crippen molar-refractivity contribution in [1.82, 2.24) is 0 Å². The lowest BCUT2D eigenvalue weighted by molar-refractivity contribution is -0.339. The van der Waals surface area contributed by atoms with E-state index in [1.807, 2.05) is 20.8 Å². The highest BCUT2D eigenvalue weighted by atomic mass is 16.9. The van der Waals surface area contributed by atoms with E-state index in [1.54, 1.807) is 0 Å². The number of hydrogen-bond donors (Lipinski definition) is 1. The smallest absolute Gasteiger partial charge is 0.353 e. The minimum absolute atomic E-state index is 0.438. The van der Waals surface area contributed by atoms with Crippen LogP contribution in [0.15, 0.2) is 0 Å². The minimum atomic E-state index is -1.34. The largest absolute Gasteiger partial charge is 0.378 e. The zero-order chi connectivity index (χ0) is 14.2. The topological polar surface area (TPSA) is 47.9 Å². The molecule has 19 heavy (non-hydrogen) atoms. The molecule has 0 heterocycles. The van der Waals surface area contributed by atoms with Crippen LogP contribution in [-0.2, 0) is 14.2 Å². The second-order valence-corrected chi connectivity index (χ2v) is 4.70. The van der Waals surface area contributed by atoms with Gasteiger partial charge in [-0.2, -0.15) is 0 Å². The SMILES string of the molecule is CCOC(C#CC1(O)CCCCC1)(OCC)OCC. The summed E-state index contributed by atoms with van der Waals surface area (Å²) in [4.78, 5) is 0. The van der Waals surface area contributed by atoms with E-state index in [0.29, 0.717) is 32.7 Å². The summed E-state index contributed by atoms with van der Waals surface area (Å²) in [5.74, 6) is 4.46. The third kappa shape index (κ3) is 5.12. The maximum atomic E-state index is 10.4. The summed E-state index contributed by atoms with van der Waals surface area (Å²) in [6, 6.07) is 0. The predicted molar refractivity (Wildman–Crippen MR) is 73.4 cm³/mol. The van der Waals surface area contributed by atoms with Crippen molar-refractivity contribution in [2.75, 3.05) is 19.8 Å². The van der Waals surface area contributed by atoms with Crippen LogP contribution in [0.2, 0.25) is 0 Å². The Morgan fingerprint density at radius 2 is 1.42 bits per heavy atom. The highest BCUT2D eigenvalue weighted by molar-refractivity contribution is 5.18. The molecule has 0 amide bonds. The van der Waals surface area contributed by atoms with Crippen molar-refractivity contribution in [2.24, 2.45) is 0 Å². The van der Waals surface area contributed by atoms with Gasteiger partial charge in [0.15, 0.2) is 0 Å². The zero-order valence-corrected chi connectivity index (χ0v) is 12.3. The Morgan fingerprint density at radius 1 is 0.947 bits per heavy atom. The molecule has 0 atom stereocenters. The van der Waals surface area contributed by atoms with Crippen LogP contribution in [-0.4, -0.2) is 36.5 Å². The Balaban J connectivity index is 2.85. The van der Waals surface area contributed by atoms with Crippen LogP contribution < -0.4 is 0 Å². The highest BCUT2D eigenvalue weighted by Gasteiger charge is 2.33. The highest BCUT2D eigenvalue weighted by Crippen LogP contribution is 2.28. The van der Waals surface area contributed by atoms with Crippen molar-refractivity contribution in [3.05, 3.63) is 0 Å². The second-order valence-electron chi connectivity index (χ2n) is 4.70. The molecule has 0 saturated heterocycles. The molecule has 1 N–H and O–H groups in total. The molecule has 0 spiro atoms. The van der Waals surface area contributed by atoms with Crippen molar-refractivity contribution in [1.29, 1.82) is 0 Å². The molecule has 4 nitrogen and oxygen atoms in total. The van der Waals surface area contributed by atoms with Crippen LogP contribution in [0.25, 0.3) is 0 Å². The number of ether oxygens (including phenoxy) is 3. The van der Waals surface area contributed by atoms with Crippen molar-refractivity contribution in [3.63, 3.8) is 0 Å². The van der Waals surface area contributed by atoms with Crippen LogP contribution >= 0.6 is 0 Å². The van der Waals surface area contributed by atoms with Gasteiger partial charge in [0, 0.05) is 0 Å². The lowest BCUT2D eigenvalue weighted by Gasteiger charge is -2.29. The molecule has 1 rings (SSSR count). The van der Waals surface area contributed by atoms with Crippen LogP contribution in [0.3, 0.4) is 0 Å². The Labute approximate surface area is 116 Å². The Bertz CT molecular complexity index is 293. The average molecular weight is 270 g/mol. The summed E-state index contributed by atoms with van der Waals surface area (Å²) in [7, 11) is 0. The van der Waals surface area contributed by atoms with E-state index in [2.05, 4.69) is 11.8 Å². The van der Waals surface area contributed by atoms with Crippen molar-refractivity contribution in [2.45, 2.75) is 64.4 Å². The predicted octanol–water partition coefficient (Wildman–Crippen LogP) is 2.45. The van der Waals surface area contributed by atoms with E-state index in [4.69, 9.17) is 14.2 Å². The molecule has 0 radical (unpaired) electrons. The third-order valence-electron chi connectivity index (χ3n) is 3.13. The fourth-order valence-electron chi connectivity index (χ4n) is 2.26. The fourth-order valence-corrected chi connectivity index (χ4v) is 2.26. The van der Waals surface area contributed by atoms with Gasteiger partial charge < -0.3 is 19.3 Å². The molecular formula is C15H26O4. The van der Waals surface area contributed by atoms with Gasteiger partial charge >= 0.3 is 5.97 Å². The fraction of sp³-hybridized carbons (Fsp3) is 0.867. The molecule has 0 bridgehead atoms. The summed E-state index contributed by atoms with van der Waals surface area (Å²) in [5.41, 5.74) is -0.922. The molecule has 0 aromatic rings. The van der Waals surface area contributed by atoms with Gasteiger partial charge in [-0.3, -0.25) is 0 Å². The van der Waals surface area contributed by atoms with Gasteiger partial charge in [-0.05, 0) is 52.4 Å². The maximum Gasteiger partial charge on any atom is 0.353 e. The molecule has 4 heteroatoms. The summed E-state index contributed by atoms with van der Waals surface area (Å²) in [5, 5.41) is 10.4. The monoisotopic (exact) mass is 270 g/mol. The van der Waals surface area contributed by atoms with Gasteiger partial charge in [0.2, 0.25) is 0 Å². The van der Waals surface area contributed by atoms with E-state index in [-0.39, 0.29) is 0 Å². The molecular weight excluding hydrogens is 244 g/mol. The van der Waals surface area contributed by atoms with E-state index in [1.165, 1.54) is 0 Å². The second kappa shape index (κ2) is 7.86. The standard InChI is InChI=1S/C15H26O4/c1-4-17-15(18-5-2,19-6-3)13-12-14(16)10-8-7-9-11-14/h16H,4-11H2,1-3H3. The average Bonchev–Trinajstić information content (AvgIpc) is 2.39. The van der Waals surface area contributed by atoms with Crippen molar-refractivity contribution < 1.29 is 19.3 Å². The maximum absolute atomic E-state index is 10.4. The first kappa shape index (κ1) is 16.5. The number of hydrogen-bond acceptors (Lipinski definition) is 4. The van der Waals surface area contributed by atoms with Gasteiger partial charge in [0.1, 0.15) is 5.60 Å². The van der Waals surface area contributed by atoms with E-state index < -0.39 is 11.6 Å². The summed E-state index contributed by atoms with van der Waals surface area (Å²) in [6.07, 6.45) is 4.60. The minimum Gasteiger partial charge on any atom is -0.378 e. The van der Waals surface area contributed by atoms with Crippen LogP contribution in [0.5, 0.6) is 0 Å². The van der Waals surface area contributed by atoms with Crippen LogP contribution in [0.4, 0.5) is 0 Å². The zero-order valence-electron chi connectivity index (χ0n) is 12.3. The van der Waals surface area contributed by atoms with Gasteiger partial charge in [-0.1, -0.05) is 12.3 Å². The first-order valence-electron chi connectivity index (χ1n) is 7.28. The van der Waals surface area contributed by atoms with Crippen LogP contribution in [0, 0.1) is 11.8 Å². The van der Waals surface area contributed by atoms with Gasteiger partial charge in [-0.15, -0.1) is 0 Å². The van der Waals surface area contributed by atoms with Gasteiger partial charge in [-0.25, -0.2) is 0 Å².